The molecule has 1 aliphatic rings. The van der Waals surface area contributed by atoms with Gasteiger partial charge in [-0.1, -0.05) is 6.07 Å². The van der Waals surface area contributed by atoms with E-state index < -0.39 is 0 Å². The maximum absolute atomic E-state index is 13.0. The Morgan fingerprint density at radius 2 is 2.11 bits per heavy atom. The lowest BCUT2D eigenvalue weighted by atomic mass is 9.95. The molecule has 0 amide bonds. The highest BCUT2D eigenvalue weighted by atomic mass is 19.1. The normalized spacial score (nSPS) is 17.9. The molecule has 1 saturated heterocycles. The standard InChI is InChI=1S/C14H20FN3/c1-10-8-13(15)3-2-12(10)9-18-6-4-11(5-7-18)14(16)17/h2-3,8,11H,4-7,9H2,1H3,(H3,16,17). The molecule has 0 aromatic heterocycles. The van der Waals surface area contributed by atoms with E-state index in [-0.39, 0.29) is 11.7 Å². The van der Waals surface area contributed by atoms with Crippen molar-refractivity contribution in [1.82, 2.24) is 4.90 Å². The second kappa shape index (κ2) is 5.48. The van der Waals surface area contributed by atoms with E-state index in [0.717, 1.165) is 38.0 Å². The molecular formula is C14H20FN3. The minimum absolute atomic E-state index is 0.175. The van der Waals surface area contributed by atoms with Crippen molar-refractivity contribution in [1.29, 1.82) is 5.41 Å². The fourth-order valence-corrected chi connectivity index (χ4v) is 2.48. The number of likely N-dealkylation sites (tertiary alicyclic amines) is 1. The average Bonchev–Trinajstić information content (AvgIpc) is 2.33. The highest BCUT2D eigenvalue weighted by Crippen LogP contribution is 2.20. The van der Waals surface area contributed by atoms with Crippen LogP contribution >= 0.6 is 0 Å². The first-order valence-electron chi connectivity index (χ1n) is 6.37. The Hall–Kier alpha value is -1.42. The maximum Gasteiger partial charge on any atom is 0.123 e. The zero-order valence-electron chi connectivity index (χ0n) is 10.7. The summed E-state index contributed by atoms with van der Waals surface area (Å²) in [4.78, 5) is 2.35. The number of amidine groups is 1. The molecule has 0 saturated carbocycles. The third-order valence-corrected chi connectivity index (χ3v) is 3.73. The van der Waals surface area contributed by atoms with Crippen molar-refractivity contribution in [3.8, 4) is 0 Å². The molecule has 1 aromatic carbocycles. The predicted octanol–water partition coefficient (Wildman–Crippen LogP) is 2.28. The SMILES string of the molecule is Cc1cc(F)ccc1CN1CCC(C(=N)N)CC1. The number of piperidine rings is 1. The number of benzene rings is 1. The van der Waals surface area contributed by atoms with Crippen molar-refractivity contribution in [2.24, 2.45) is 11.7 Å². The second-order valence-corrected chi connectivity index (χ2v) is 5.08. The summed E-state index contributed by atoms with van der Waals surface area (Å²) in [6, 6.07) is 4.96. The monoisotopic (exact) mass is 249 g/mol. The van der Waals surface area contributed by atoms with E-state index in [9.17, 15) is 4.39 Å². The molecule has 1 fully saturated rings. The summed E-state index contributed by atoms with van der Waals surface area (Å²) in [6.07, 6.45) is 1.91. The van der Waals surface area contributed by atoms with Crippen molar-refractivity contribution < 1.29 is 4.39 Å². The molecule has 18 heavy (non-hydrogen) atoms. The van der Waals surface area contributed by atoms with Gasteiger partial charge in [0.25, 0.3) is 0 Å². The van der Waals surface area contributed by atoms with Crippen molar-refractivity contribution in [3.63, 3.8) is 0 Å². The van der Waals surface area contributed by atoms with Gasteiger partial charge >= 0.3 is 0 Å². The van der Waals surface area contributed by atoms with E-state index in [0.29, 0.717) is 5.84 Å². The van der Waals surface area contributed by atoms with Crippen LogP contribution in [0.1, 0.15) is 24.0 Å². The minimum atomic E-state index is -0.175. The molecule has 0 aliphatic carbocycles. The molecule has 0 unspecified atom stereocenters. The van der Waals surface area contributed by atoms with Gasteiger partial charge in [-0.2, -0.15) is 0 Å². The number of hydrogen-bond donors (Lipinski definition) is 2. The Kier molecular flexibility index (Phi) is 3.97. The molecule has 0 radical (unpaired) electrons. The topological polar surface area (TPSA) is 53.1 Å². The van der Waals surface area contributed by atoms with Gasteiger partial charge in [0.1, 0.15) is 5.82 Å². The molecular weight excluding hydrogens is 229 g/mol. The fourth-order valence-electron chi connectivity index (χ4n) is 2.48. The van der Waals surface area contributed by atoms with Crippen molar-refractivity contribution >= 4 is 5.84 Å². The van der Waals surface area contributed by atoms with Crippen LogP contribution in [0.15, 0.2) is 18.2 Å². The molecule has 3 nitrogen and oxygen atoms in total. The van der Waals surface area contributed by atoms with Gasteiger partial charge in [-0.15, -0.1) is 0 Å². The smallest absolute Gasteiger partial charge is 0.123 e. The van der Waals surface area contributed by atoms with Gasteiger partial charge in [-0.25, -0.2) is 4.39 Å². The second-order valence-electron chi connectivity index (χ2n) is 5.08. The van der Waals surface area contributed by atoms with Crippen molar-refractivity contribution in [2.75, 3.05) is 13.1 Å². The van der Waals surface area contributed by atoms with E-state index in [1.54, 1.807) is 6.07 Å². The van der Waals surface area contributed by atoms with Crippen molar-refractivity contribution in [2.45, 2.75) is 26.3 Å². The van der Waals surface area contributed by atoms with Gasteiger partial charge in [0.2, 0.25) is 0 Å². The highest BCUT2D eigenvalue weighted by molar-refractivity contribution is 5.79. The number of nitrogens with zero attached hydrogens (tertiary/aromatic N) is 1. The Morgan fingerprint density at radius 3 is 2.67 bits per heavy atom. The van der Waals surface area contributed by atoms with E-state index in [4.69, 9.17) is 11.1 Å². The third kappa shape index (κ3) is 3.07. The summed E-state index contributed by atoms with van der Waals surface area (Å²) in [6.45, 7) is 4.72. The summed E-state index contributed by atoms with van der Waals surface area (Å²) in [7, 11) is 0. The number of nitrogens with one attached hydrogen (secondary N) is 1. The summed E-state index contributed by atoms with van der Waals surface area (Å²) in [5, 5.41) is 7.45. The molecule has 0 spiro atoms. The lowest BCUT2D eigenvalue weighted by Gasteiger charge is -2.31. The number of nitrogens with two attached hydrogens (primary N) is 1. The van der Waals surface area contributed by atoms with Gasteiger partial charge < -0.3 is 5.73 Å². The first-order valence-corrected chi connectivity index (χ1v) is 6.37. The lowest BCUT2D eigenvalue weighted by Crippen LogP contribution is -2.37. The molecule has 98 valence electrons. The van der Waals surface area contributed by atoms with E-state index in [2.05, 4.69) is 4.90 Å². The number of halogens is 1. The first kappa shape index (κ1) is 13.0. The molecule has 0 bridgehead atoms. The molecule has 2 rings (SSSR count). The minimum Gasteiger partial charge on any atom is -0.387 e. The molecule has 3 N–H and O–H groups in total. The van der Waals surface area contributed by atoms with Crippen LogP contribution in [0.4, 0.5) is 4.39 Å². The zero-order chi connectivity index (χ0) is 13.1. The molecule has 1 aromatic rings. The van der Waals surface area contributed by atoms with E-state index in [1.165, 1.54) is 11.6 Å². The highest BCUT2D eigenvalue weighted by Gasteiger charge is 2.21. The van der Waals surface area contributed by atoms with Gasteiger partial charge in [-0.05, 0) is 56.1 Å². The molecule has 4 heteroatoms. The quantitative estimate of drug-likeness (QED) is 0.638. The average molecular weight is 249 g/mol. The van der Waals surface area contributed by atoms with Crippen LogP contribution in [0.25, 0.3) is 0 Å². The Morgan fingerprint density at radius 1 is 1.44 bits per heavy atom. The molecule has 1 aliphatic heterocycles. The van der Waals surface area contributed by atoms with Crippen LogP contribution < -0.4 is 5.73 Å². The van der Waals surface area contributed by atoms with Gasteiger partial charge in [0.15, 0.2) is 0 Å². The number of hydrogen-bond acceptors (Lipinski definition) is 2. The fraction of sp³-hybridized carbons (Fsp3) is 0.500. The van der Waals surface area contributed by atoms with Crippen LogP contribution in [-0.4, -0.2) is 23.8 Å². The van der Waals surface area contributed by atoms with Crippen LogP contribution in [0.3, 0.4) is 0 Å². The van der Waals surface area contributed by atoms with E-state index in [1.807, 2.05) is 13.0 Å². The summed E-state index contributed by atoms with van der Waals surface area (Å²) >= 11 is 0. The zero-order valence-corrected chi connectivity index (χ0v) is 10.7. The summed E-state index contributed by atoms with van der Waals surface area (Å²) < 4.78 is 13.0. The Labute approximate surface area is 107 Å². The van der Waals surface area contributed by atoms with Crippen LogP contribution in [0.2, 0.25) is 0 Å². The van der Waals surface area contributed by atoms with Crippen molar-refractivity contribution in [3.05, 3.63) is 35.1 Å². The molecule has 0 atom stereocenters. The summed E-state index contributed by atoms with van der Waals surface area (Å²) in [5.74, 6) is 0.384. The summed E-state index contributed by atoms with van der Waals surface area (Å²) in [5.41, 5.74) is 7.71. The first-order chi connectivity index (χ1) is 8.56. The maximum atomic E-state index is 13.0. The van der Waals surface area contributed by atoms with Gasteiger partial charge in [0, 0.05) is 12.5 Å². The number of aryl methyl sites for hydroxylation is 1. The van der Waals surface area contributed by atoms with Crippen LogP contribution in [-0.2, 0) is 6.54 Å². The van der Waals surface area contributed by atoms with Gasteiger partial charge in [-0.3, -0.25) is 10.3 Å². The number of rotatable bonds is 3. The Bertz CT molecular complexity index is 437. The Balaban J connectivity index is 1.93. The molecule has 1 heterocycles. The third-order valence-electron chi connectivity index (χ3n) is 3.73. The predicted molar refractivity (Wildman–Crippen MR) is 71.1 cm³/mol. The van der Waals surface area contributed by atoms with Crippen LogP contribution in [0, 0.1) is 24.1 Å². The van der Waals surface area contributed by atoms with Crippen LogP contribution in [0.5, 0.6) is 0 Å². The van der Waals surface area contributed by atoms with Gasteiger partial charge in [0.05, 0.1) is 5.84 Å². The van der Waals surface area contributed by atoms with E-state index >= 15 is 0 Å². The largest absolute Gasteiger partial charge is 0.387 e. The lowest BCUT2D eigenvalue weighted by molar-refractivity contribution is 0.201.